The van der Waals surface area contributed by atoms with Gasteiger partial charge in [0, 0.05) is 29.6 Å². The molecule has 0 bridgehead atoms. The van der Waals surface area contributed by atoms with E-state index in [9.17, 15) is 9.59 Å². The van der Waals surface area contributed by atoms with Crippen LogP contribution >= 0.6 is 0 Å². The minimum absolute atomic E-state index is 0.000872. The maximum Gasteiger partial charge on any atom is 0.411 e. The first-order valence-electron chi connectivity index (χ1n) is 21.3. The Morgan fingerprint density at radius 1 is 0.817 bits per heavy atom. The van der Waals surface area contributed by atoms with Crippen molar-refractivity contribution in [1.29, 1.82) is 0 Å². The third kappa shape index (κ3) is 8.80. The molecule has 60 heavy (non-hydrogen) atoms. The number of benzene rings is 4. The summed E-state index contributed by atoms with van der Waals surface area (Å²) >= 11 is 0. The number of carbonyl (C=O) groups is 2. The van der Waals surface area contributed by atoms with E-state index in [-0.39, 0.29) is 29.5 Å². The fourth-order valence-corrected chi connectivity index (χ4v) is 15.2. The molecule has 4 aromatic carbocycles. The Bertz CT molecular complexity index is 2160. The number of ether oxygens (including phenoxy) is 2. The molecule has 0 unspecified atom stereocenters. The molecule has 3 N–H and O–H groups in total. The predicted molar refractivity (Wildman–Crippen MR) is 250 cm³/mol. The van der Waals surface area contributed by atoms with Crippen LogP contribution in [-0.2, 0) is 9.16 Å². The molecule has 1 aliphatic carbocycles. The Balaban J connectivity index is 1.21. The van der Waals surface area contributed by atoms with Gasteiger partial charge in [-0.05, 0) is 92.8 Å². The molecule has 0 aromatic heterocycles. The van der Waals surface area contributed by atoms with Crippen LogP contribution in [0.3, 0.4) is 0 Å². The van der Waals surface area contributed by atoms with Crippen LogP contribution in [-0.4, -0.2) is 59.9 Å². The first-order chi connectivity index (χ1) is 28.3. The van der Waals surface area contributed by atoms with Crippen molar-refractivity contribution >= 4 is 45.6 Å². The normalized spacial score (nSPS) is 15.6. The van der Waals surface area contributed by atoms with E-state index in [1.54, 1.807) is 24.1 Å². The summed E-state index contributed by atoms with van der Waals surface area (Å²) in [6.45, 7) is 25.1. The van der Waals surface area contributed by atoms with Crippen molar-refractivity contribution in [1.82, 2.24) is 4.90 Å². The van der Waals surface area contributed by atoms with Gasteiger partial charge in [0.2, 0.25) is 0 Å². The molecule has 4 aromatic rings. The number of hydrogen-bond acceptors (Lipinski definition) is 7. The van der Waals surface area contributed by atoms with Crippen molar-refractivity contribution < 1.29 is 27.9 Å². The average Bonchev–Trinajstić information content (AvgIpc) is 3.77. The van der Waals surface area contributed by atoms with E-state index in [4.69, 9.17) is 24.1 Å². The number of nitrogens with one attached hydrogen (secondary N) is 1. The minimum Gasteiger partial charge on any atom is -0.540 e. The van der Waals surface area contributed by atoms with Gasteiger partial charge in [0.15, 0.2) is 14.1 Å². The van der Waals surface area contributed by atoms with Crippen LogP contribution in [0, 0.1) is 0 Å². The fourth-order valence-electron chi connectivity index (χ4n) is 8.96. The monoisotopic (exact) mass is 847 g/mol. The highest BCUT2D eigenvalue weighted by molar-refractivity contribution is 6.78. The lowest BCUT2D eigenvalue weighted by molar-refractivity contribution is 0.0738. The van der Waals surface area contributed by atoms with E-state index < -0.39 is 22.7 Å². The number of hydrogen-bond donors (Lipinski definition) is 2. The molecule has 1 heterocycles. The number of methoxy groups -OCH3 is 1. The zero-order valence-electron chi connectivity index (χ0n) is 37.6. The Kier molecular flexibility index (Phi) is 13.1. The Labute approximate surface area is 359 Å². The summed E-state index contributed by atoms with van der Waals surface area (Å²) in [4.78, 5) is 29.5. The molecule has 0 saturated carbocycles. The topological polar surface area (TPSA) is 112 Å². The van der Waals surface area contributed by atoms with E-state index in [0.29, 0.717) is 58.1 Å². The number of nitrogens with zero attached hydrogens (tertiary/aromatic N) is 1. The number of amides is 2. The molecule has 2 aliphatic rings. The number of nitrogens with two attached hydrogens (primary N) is 1. The summed E-state index contributed by atoms with van der Waals surface area (Å²) in [5, 5.41) is 2.90. The van der Waals surface area contributed by atoms with E-state index >= 15 is 0 Å². The van der Waals surface area contributed by atoms with Crippen LogP contribution in [0.2, 0.25) is 34.8 Å². The number of nitrogen functional groups attached to an aromatic ring is 1. The van der Waals surface area contributed by atoms with Crippen LogP contribution in [0.25, 0.3) is 16.7 Å². The fraction of sp³-hybridized carbons (Fsp3) is 0.429. The second-order valence-corrected chi connectivity index (χ2v) is 29.0. The molecule has 1 aliphatic heterocycles. The molecule has 0 saturated heterocycles. The smallest absolute Gasteiger partial charge is 0.411 e. The Morgan fingerprint density at radius 2 is 1.38 bits per heavy atom. The number of rotatable bonds is 14. The second-order valence-electron chi connectivity index (χ2n) is 18.8. The van der Waals surface area contributed by atoms with Crippen LogP contribution in [0.5, 0.6) is 11.5 Å². The lowest BCUT2D eigenvalue weighted by Gasteiger charge is -2.42. The molecule has 11 heteroatoms. The van der Waals surface area contributed by atoms with Crippen molar-refractivity contribution in [2.24, 2.45) is 0 Å². The van der Waals surface area contributed by atoms with Crippen LogP contribution in [0.15, 0.2) is 91.1 Å². The predicted octanol–water partition coefficient (Wildman–Crippen LogP) is 12.5. The minimum atomic E-state index is -2.34. The average molecular weight is 848 g/mol. The summed E-state index contributed by atoms with van der Waals surface area (Å²) < 4.78 is 25.4. The Hall–Kier alpha value is -4.85. The highest BCUT2D eigenvalue weighted by atomic mass is 28.4. The van der Waals surface area contributed by atoms with E-state index in [0.717, 1.165) is 22.3 Å². The van der Waals surface area contributed by atoms with Gasteiger partial charge in [-0.1, -0.05) is 123 Å². The van der Waals surface area contributed by atoms with Gasteiger partial charge in [0.05, 0.1) is 25.3 Å². The summed E-state index contributed by atoms with van der Waals surface area (Å²) in [6.07, 6.45) is 1.99. The summed E-state index contributed by atoms with van der Waals surface area (Å²) in [5.41, 5.74) is 15.7. The molecule has 0 radical (unpaired) electrons. The van der Waals surface area contributed by atoms with Crippen LogP contribution < -0.4 is 20.2 Å². The quantitative estimate of drug-likeness (QED) is 0.0960. The largest absolute Gasteiger partial charge is 0.540 e. The zero-order chi connectivity index (χ0) is 43.7. The van der Waals surface area contributed by atoms with Gasteiger partial charge in [-0.3, -0.25) is 10.1 Å². The highest BCUT2D eigenvalue weighted by Gasteiger charge is 2.48. The molecule has 2 amide bonds. The lowest BCUT2D eigenvalue weighted by Crippen LogP contribution is -2.50. The summed E-state index contributed by atoms with van der Waals surface area (Å²) in [5.74, 6) is 0.812. The van der Waals surface area contributed by atoms with Gasteiger partial charge in [0.25, 0.3) is 14.2 Å². The third-order valence-corrected chi connectivity index (χ3v) is 23.7. The lowest BCUT2D eigenvalue weighted by atomic mass is 9.98. The molecule has 0 fully saturated rings. The maximum absolute atomic E-state index is 14.6. The van der Waals surface area contributed by atoms with Gasteiger partial charge >= 0.3 is 6.09 Å². The molecule has 6 rings (SSSR count). The second kappa shape index (κ2) is 17.6. The first-order valence-corrected chi connectivity index (χ1v) is 26.4. The zero-order valence-corrected chi connectivity index (χ0v) is 39.6. The molecule has 320 valence electrons. The maximum atomic E-state index is 14.6. The van der Waals surface area contributed by atoms with E-state index in [1.165, 1.54) is 11.1 Å². The van der Waals surface area contributed by atoms with Gasteiger partial charge < -0.3 is 29.0 Å². The van der Waals surface area contributed by atoms with E-state index in [1.807, 2.05) is 54.7 Å². The number of anilines is 2. The van der Waals surface area contributed by atoms with Crippen molar-refractivity contribution in [3.63, 3.8) is 0 Å². The molecule has 1 atom stereocenters. The van der Waals surface area contributed by atoms with Gasteiger partial charge in [0.1, 0.15) is 12.4 Å². The van der Waals surface area contributed by atoms with Gasteiger partial charge in [-0.25, -0.2) is 4.79 Å². The van der Waals surface area contributed by atoms with Crippen LogP contribution in [0.1, 0.15) is 102 Å². The number of fused-ring (bicyclic) bond motifs is 3. The van der Waals surface area contributed by atoms with E-state index in [2.05, 4.69) is 105 Å². The highest BCUT2D eigenvalue weighted by Crippen LogP contribution is 2.47. The molecular weight excluding hydrogens is 783 g/mol. The summed E-state index contributed by atoms with van der Waals surface area (Å²) in [7, 11) is -2.88. The Morgan fingerprint density at radius 3 is 1.92 bits per heavy atom. The van der Waals surface area contributed by atoms with Gasteiger partial charge in [-0.2, -0.15) is 0 Å². The SMILES string of the molecule is COc1cc(C(=O)N2C=C(c3ccc(NC(=O)OCC4c5ccccc5-c5ccccc54)cc3)C[C@H]2CO[Si](C)(C)C(C)(C)C)c(N)cc1O[Si](C(C)C)(C(C)C)C(C)C. The van der Waals surface area contributed by atoms with Crippen LogP contribution in [0.4, 0.5) is 16.2 Å². The number of carbonyl (C=O) groups excluding carboxylic acids is 2. The van der Waals surface area contributed by atoms with Crippen molar-refractivity contribution in [3.05, 3.63) is 113 Å². The standard InChI is InChI=1S/C49H65N3O6Si2/c1-31(2)60(32(3)4,33(5)6)58-46-27-44(50)42(26-45(46)55-10)47(53)52-28-35(25-37(52)29-57-59(11,12)49(7,8)9)34-21-23-36(24-22-34)51-48(54)56-30-43-40-19-15-13-17-38(40)39-18-14-16-20-41(39)43/h13-24,26-28,31-33,37,43H,25,29-30,50H2,1-12H3,(H,51,54)/t37-/m0/s1. The molecule has 0 spiro atoms. The third-order valence-electron chi connectivity index (χ3n) is 13.2. The van der Waals surface area contributed by atoms with Crippen molar-refractivity contribution in [2.45, 2.75) is 115 Å². The summed E-state index contributed by atoms with van der Waals surface area (Å²) in [6, 6.07) is 27.4. The van der Waals surface area contributed by atoms with Crippen molar-refractivity contribution in [2.75, 3.05) is 31.4 Å². The molecular formula is C49H65N3O6Si2. The van der Waals surface area contributed by atoms with Crippen molar-refractivity contribution in [3.8, 4) is 22.6 Å². The van der Waals surface area contributed by atoms with Gasteiger partial charge in [-0.15, -0.1) is 0 Å². The molecule has 9 nitrogen and oxygen atoms in total. The first kappa shape index (κ1) is 44.7.